The average molecular weight is 270 g/mol. The first-order valence-electron chi connectivity index (χ1n) is 4.97. The predicted molar refractivity (Wildman–Crippen MR) is 62.5 cm³/mol. The Kier molecular flexibility index (Phi) is 4.19. The molecule has 0 unspecified atom stereocenters. The number of H-pyrrole nitrogens is 2. The predicted octanol–water partition coefficient (Wildman–Crippen LogP) is -3.34. The van der Waals surface area contributed by atoms with Gasteiger partial charge in [0.25, 0.3) is 5.56 Å². The number of carbonyl (C=O) groups excluding carboxylic acids is 2. The third-order valence-electron chi connectivity index (χ3n) is 1.99. The summed E-state index contributed by atoms with van der Waals surface area (Å²) in [5.41, 5.74) is 8.29. The van der Waals surface area contributed by atoms with Gasteiger partial charge in [0.15, 0.2) is 6.54 Å². The Balaban J connectivity index is 2.80. The van der Waals surface area contributed by atoms with Crippen LogP contribution in [0.15, 0.2) is 15.7 Å². The van der Waals surface area contributed by atoms with Crippen molar-refractivity contribution in [1.29, 1.82) is 0 Å². The van der Waals surface area contributed by atoms with Gasteiger partial charge in [-0.1, -0.05) is 0 Å². The summed E-state index contributed by atoms with van der Waals surface area (Å²) in [6.45, 7) is -0.360. The zero-order valence-corrected chi connectivity index (χ0v) is 9.93. The minimum absolute atomic E-state index is 0.131. The van der Waals surface area contributed by atoms with Gasteiger partial charge in [0.05, 0.1) is 7.05 Å². The lowest BCUT2D eigenvalue weighted by atomic mass is 10.4. The van der Waals surface area contributed by atoms with Crippen LogP contribution in [0.3, 0.4) is 0 Å². The second-order valence-electron chi connectivity index (χ2n) is 3.54. The molecule has 0 saturated carbocycles. The number of guanidine groups is 1. The van der Waals surface area contributed by atoms with Gasteiger partial charge in [-0.2, -0.15) is 0 Å². The minimum Gasteiger partial charge on any atom is -0.386 e. The maximum Gasteiger partial charge on any atom is 0.362 e. The monoisotopic (exact) mass is 270 g/mol. The second kappa shape index (κ2) is 5.62. The van der Waals surface area contributed by atoms with Crippen molar-refractivity contribution in [2.45, 2.75) is 0 Å². The molecule has 1 aromatic rings. The van der Waals surface area contributed by atoms with E-state index in [4.69, 9.17) is 11.5 Å². The number of nitrogens with one attached hydrogen (secondary N) is 2. The van der Waals surface area contributed by atoms with E-state index in [1.807, 2.05) is 9.97 Å². The van der Waals surface area contributed by atoms with Crippen LogP contribution in [0.5, 0.6) is 0 Å². The van der Waals surface area contributed by atoms with Gasteiger partial charge in [0.2, 0.25) is 0 Å². The van der Waals surface area contributed by atoms with Gasteiger partial charge in [-0.3, -0.25) is 25.8 Å². The van der Waals surface area contributed by atoms with E-state index >= 15 is 0 Å². The number of aromatic amines is 2. The van der Waals surface area contributed by atoms with Gasteiger partial charge >= 0.3 is 23.6 Å². The summed E-state index contributed by atoms with van der Waals surface area (Å²) >= 11 is 0. The summed E-state index contributed by atoms with van der Waals surface area (Å²) in [6.07, 6.45) is 0. The van der Waals surface area contributed by atoms with Crippen LogP contribution in [0.4, 0.5) is 0 Å². The van der Waals surface area contributed by atoms with Crippen LogP contribution in [-0.4, -0.2) is 46.0 Å². The summed E-state index contributed by atoms with van der Waals surface area (Å²) in [5, 5.41) is 0. The molecule has 0 radical (unpaired) electrons. The molecule has 1 heterocycles. The highest BCUT2D eigenvalue weighted by Crippen LogP contribution is 1.92. The van der Waals surface area contributed by atoms with Crippen LogP contribution < -0.4 is 22.7 Å². The number of nitrogens with zero attached hydrogens (tertiary/aromatic N) is 1. The standard InChI is InChI=1S/C9H11N5O5/c1-14(8(10)11)3-6(16)19-7(17)4-2-5(15)13-9(18)12-4/h2H,3H2,1H3,(H5,10,11,12,13,15,18)/p+1. The summed E-state index contributed by atoms with van der Waals surface area (Å²) in [4.78, 5) is 48.5. The van der Waals surface area contributed by atoms with E-state index in [2.05, 4.69) is 4.74 Å². The first-order valence-corrected chi connectivity index (χ1v) is 4.97. The molecule has 102 valence electrons. The molecule has 10 heteroatoms. The SMILES string of the molecule is C[N+](CC(=O)OC(=O)c1cc(=O)[nH]c(=O)[nH]1)=C(N)N. The number of rotatable bonds is 3. The summed E-state index contributed by atoms with van der Waals surface area (Å²) in [6, 6.07) is 0.796. The van der Waals surface area contributed by atoms with Crippen LogP contribution >= 0.6 is 0 Å². The smallest absolute Gasteiger partial charge is 0.362 e. The topological polar surface area (TPSA) is 164 Å². The fourth-order valence-electron chi connectivity index (χ4n) is 1.05. The van der Waals surface area contributed by atoms with Crippen molar-refractivity contribution in [1.82, 2.24) is 9.97 Å². The molecule has 0 aliphatic carbocycles. The largest absolute Gasteiger partial charge is 0.386 e. The minimum atomic E-state index is -1.16. The number of hydrogen-bond donors (Lipinski definition) is 4. The van der Waals surface area contributed by atoms with E-state index in [-0.39, 0.29) is 12.5 Å². The van der Waals surface area contributed by atoms with Crippen molar-refractivity contribution >= 4 is 17.9 Å². The van der Waals surface area contributed by atoms with Crippen molar-refractivity contribution in [3.8, 4) is 0 Å². The Morgan fingerprint density at radius 3 is 2.47 bits per heavy atom. The molecule has 0 aliphatic rings. The first-order chi connectivity index (χ1) is 8.79. The highest BCUT2D eigenvalue weighted by Gasteiger charge is 2.16. The summed E-state index contributed by atoms with van der Waals surface area (Å²) < 4.78 is 5.55. The third-order valence-corrected chi connectivity index (χ3v) is 1.99. The van der Waals surface area contributed by atoms with Crippen molar-refractivity contribution < 1.29 is 18.9 Å². The molecule has 1 aromatic heterocycles. The molecule has 0 aromatic carbocycles. The van der Waals surface area contributed by atoms with E-state index in [1.54, 1.807) is 0 Å². The zero-order valence-electron chi connectivity index (χ0n) is 9.93. The number of ether oxygens (including phenoxy) is 1. The van der Waals surface area contributed by atoms with E-state index < -0.39 is 28.9 Å². The molecular weight excluding hydrogens is 258 g/mol. The second-order valence-corrected chi connectivity index (χ2v) is 3.54. The lowest BCUT2D eigenvalue weighted by Crippen LogP contribution is -2.37. The number of carbonyl (C=O) groups is 2. The Bertz CT molecular complexity index is 623. The molecule has 0 saturated heterocycles. The van der Waals surface area contributed by atoms with Crippen LogP contribution in [0.25, 0.3) is 0 Å². The summed E-state index contributed by atoms with van der Waals surface area (Å²) in [7, 11) is 1.41. The quantitative estimate of drug-likeness (QED) is 0.146. The van der Waals surface area contributed by atoms with Crippen LogP contribution in [-0.2, 0) is 9.53 Å². The van der Waals surface area contributed by atoms with Gasteiger partial charge in [0, 0.05) is 6.07 Å². The molecule has 0 amide bonds. The Hall–Kier alpha value is -2.91. The van der Waals surface area contributed by atoms with Crippen LogP contribution in [0.2, 0.25) is 0 Å². The maximum absolute atomic E-state index is 11.5. The molecular formula is C9H12N5O5+. The number of hydrogen-bond acceptors (Lipinski definition) is 5. The molecule has 0 spiro atoms. The van der Waals surface area contributed by atoms with Gasteiger partial charge in [-0.25, -0.2) is 14.4 Å². The Morgan fingerprint density at radius 1 is 1.32 bits per heavy atom. The van der Waals surface area contributed by atoms with Gasteiger partial charge in [-0.15, -0.1) is 0 Å². The highest BCUT2D eigenvalue weighted by molar-refractivity contribution is 5.95. The lowest BCUT2D eigenvalue weighted by molar-refractivity contribution is -0.489. The first kappa shape index (κ1) is 14.2. The van der Waals surface area contributed by atoms with Gasteiger partial charge in [0.1, 0.15) is 5.69 Å². The average Bonchev–Trinajstić information content (AvgIpc) is 2.26. The van der Waals surface area contributed by atoms with E-state index in [0.29, 0.717) is 0 Å². The molecule has 0 atom stereocenters. The molecule has 0 fully saturated rings. The number of aromatic nitrogens is 2. The lowest BCUT2D eigenvalue weighted by Gasteiger charge is -2.03. The van der Waals surface area contributed by atoms with Crippen molar-refractivity contribution in [3.05, 3.63) is 32.6 Å². The van der Waals surface area contributed by atoms with Crippen molar-refractivity contribution in [2.75, 3.05) is 13.6 Å². The molecule has 19 heavy (non-hydrogen) atoms. The summed E-state index contributed by atoms with van der Waals surface area (Å²) in [5.74, 6) is -2.23. The fourth-order valence-corrected chi connectivity index (χ4v) is 1.05. The van der Waals surface area contributed by atoms with Gasteiger partial charge < -0.3 is 9.72 Å². The van der Waals surface area contributed by atoms with E-state index in [9.17, 15) is 19.2 Å². The van der Waals surface area contributed by atoms with E-state index in [1.165, 1.54) is 7.05 Å². The van der Waals surface area contributed by atoms with E-state index in [0.717, 1.165) is 10.6 Å². The molecule has 0 bridgehead atoms. The number of nitrogens with two attached hydrogens (primary N) is 2. The Morgan fingerprint density at radius 2 is 1.95 bits per heavy atom. The molecule has 0 aliphatic heterocycles. The third kappa shape index (κ3) is 4.11. The highest BCUT2D eigenvalue weighted by atomic mass is 16.6. The maximum atomic E-state index is 11.5. The van der Waals surface area contributed by atoms with Gasteiger partial charge in [-0.05, 0) is 0 Å². The zero-order chi connectivity index (χ0) is 14.6. The molecule has 10 nitrogen and oxygen atoms in total. The fraction of sp³-hybridized carbons (Fsp3) is 0.222. The van der Waals surface area contributed by atoms with Crippen molar-refractivity contribution in [3.63, 3.8) is 0 Å². The number of likely N-dealkylation sites (N-methyl/N-ethyl adjacent to an activating group) is 1. The van der Waals surface area contributed by atoms with Crippen molar-refractivity contribution in [2.24, 2.45) is 11.5 Å². The Labute approximate surface area is 105 Å². The van der Waals surface area contributed by atoms with Crippen LogP contribution in [0.1, 0.15) is 10.5 Å². The normalized spacial score (nSPS) is 9.74. The molecule has 6 N–H and O–H groups in total. The molecule has 1 rings (SSSR count). The number of esters is 2. The van der Waals surface area contributed by atoms with Crippen LogP contribution in [0, 0.1) is 0 Å².